The van der Waals surface area contributed by atoms with Crippen LogP contribution in [0.25, 0.3) is 10.9 Å². The molecule has 0 radical (unpaired) electrons. The summed E-state index contributed by atoms with van der Waals surface area (Å²) in [7, 11) is 2.93. The maximum atomic E-state index is 15.5. The predicted molar refractivity (Wildman–Crippen MR) is 431 cm³/mol. The van der Waals surface area contributed by atoms with Gasteiger partial charge < -0.3 is 122 Å². The van der Waals surface area contributed by atoms with E-state index in [9.17, 15) is 78.0 Å². The average Bonchev–Trinajstić information content (AvgIpc) is 1.69. The van der Waals surface area contributed by atoms with Crippen LogP contribution in [-0.2, 0) is 97.6 Å². The highest BCUT2D eigenvalue weighted by molar-refractivity contribution is 8.76. The maximum absolute atomic E-state index is 15.5. The second-order valence-corrected chi connectivity index (χ2v) is 30.5. The van der Waals surface area contributed by atoms with Crippen molar-refractivity contribution < 1.29 is 97.1 Å². The number of carboxylic acids is 1. The number of nitrogens with two attached hydrogens (primary N) is 4. The van der Waals surface area contributed by atoms with Crippen molar-refractivity contribution in [3.05, 3.63) is 138 Å². The number of carbonyl (C=O) groups is 15. The number of aromatic amines is 1. The molecule has 0 aliphatic carbocycles. The van der Waals surface area contributed by atoms with Crippen molar-refractivity contribution >= 4 is 121 Å². The van der Waals surface area contributed by atoms with E-state index in [0.29, 0.717) is 45.3 Å². The minimum atomic E-state index is -1.99. The fourth-order valence-electron chi connectivity index (χ4n) is 12.1. The van der Waals surface area contributed by atoms with E-state index < -0.39 is 210 Å². The third kappa shape index (κ3) is 31.0. The number of rotatable bonds is 27. The molecule has 1 aliphatic heterocycles. The van der Waals surface area contributed by atoms with Crippen molar-refractivity contribution in [3.8, 4) is 5.75 Å². The van der Waals surface area contributed by atoms with E-state index in [2.05, 4.69) is 74.1 Å². The predicted octanol–water partition coefficient (Wildman–Crippen LogP) is -4.91. The van der Waals surface area contributed by atoms with Crippen molar-refractivity contribution in [3.63, 3.8) is 0 Å². The fraction of sp³-hybridized carbons (Fsp3) is 0.468. The van der Waals surface area contributed by atoms with Gasteiger partial charge in [0.05, 0.1) is 44.9 Å². The molecule has 1 aromatic heterocycles. The number of nitrogens with one attached hydrogen (secondary N) is 14. The number of fused-ring (bicyclic) bond motifs is 1. The summed E-state index contributed by atoms with van der Waals surface area (Å²) in [5, 5.41) is 76.0. The summed E-state index contributed by atoms with van der Waals surface area (Å²) in [6.45, 7) is 1.85. The Balaban J connectivity index is 1.48. The number of aliphatic carboxylic acids is 1. The number of primary amides is 1. The van der Waals surface area contributed by atoms with Crippen molar-refractivity contribution in [1.29, 1.82) is 0 Å². The Kier molecular flexibility index (Phi) is 39.1. The van der Waals surface area contributed by atoms with E-state index in [0.717, 1.165) is 35.4 Å². The summed E-state index contributed by atoms with van der Waals surface area (Å²) >= 11 is 0. The summed E-state index contributed by atoms with van der Waals surface area (Å²) in [5.74, 6) is -17.5. The summed E-state index contributed by atoms with van der Waals surface area (Å²) in [5.41, 5.74) is 25.5. The molecule has 1 aliphatic rings. The van der Waals surface area contributed by atoms with Gasteiger partial charge in [-0.2, -0.15) is 0 Å². The molecule has 0 bridgehead atoms. The van der Waals surface area contributed by atoms with Crippen molar-refractivity contribution in [1.82, 2.24) is 74.1 Å². The molecule has 6 rings (SSSR count). The third-order valence-corrected chi connectivity index (χ3v) is 21.0. The smallest absolute Gasteiger partial charge is 0.327 e. The number of aliphatic hydroxyl groups is 3. The number of H-pyrrole nitrogens is 1. The zero-order chi connectivity index (χ0) is 85.8. The number of carbonyl (C=O) groups excluding carboxylic acids is 14. The van der Waals surface area contributed by atoms with E-state index in [1.54, 1.807) is 115 Å². The van der Waals surface area contributed by atoms with Gasteiger partial charge in [0, 0.05) is 54.3 Å². The van der Waals surface area contributed by atoms with Crippen LogP contribution in [0.2, 0.25) is 0 Å². The molecule has 40 heteroatoms. The minimum Gasteiger partial charge on any atom is -0.497 e. The third-order valence-electron chi connectivity index (χ3n) is 18.6. The van der Waals surface area contributed by atoms with Crippen LogP contribution < -0.4 is 96.8 Å². The second kappa shape index (κ2) is 48.3. The molecule has 5 aromatic rings. The van der Waals surface area contributed by atoms with Gasteiger partial charge in [0.2, 0.25) is 82.7 Å². The summed E-state index contributed by atoms with van der Waals surface area (Å²) < 4.78 is 5.53. The minimum absolute atomic E-state index is 0.0999. The van der Waals surface area contributed by atoms with Gasteiger partial charge >= 0.3 is 5.97 Å². The van der Waals surface area contributed by atoms with Crippen LogP contribution in [0.15, 0.2) is 115 Å². The first-order chi connectivity index (χ1) is 55.8. The summed E-state index contributed by atoms with van der Waals surface area (Å²) in [6, 6.07) is 7.38. The molecule has 14 amide bonds. The maximum Gasteiger partial charge on any atom is 0.327 e. The Hall–Kier alpha value is -11.3. The topological polar surface area (TPSA) is 622 Å². The van der Waals surface area contributed by atoms with E-state index in [4.69, 9.17) is 27.7 Å². The molecule has 0 spiro atoms. The Morgan fingerprint density at radius 2 is 0.906 bits per heavy atom. The summed E-state index contributed by atoms with van der Waals surface area (Å²) in [6.07, 6.45) is -3.67. The molecule has 1 saturated heterocycles. The lowest BCUT2D eigenvalue weighted by Gasteiger charge is -2.29. The number of carboxylic acid groups (broad SMARTS) is 1. The zero-order valence-corrected chi connectivity index (χ0v) is 66.7. The highest BCUT2D eigenvalue weighted by Gasteiger charge is 2.40. The Morgan fingerprint density at radius 1 is 0.504 bits per heavy atom. The standard InChI is InChI=1S/C77H106N18O20S2/c1-41(80)65(101)83-37-62(100)84-59-39-116-117-40-60(77(113)114)93-73(109)58(38-96)92-76(112)64(43(3)98)95-72(108)55(32-46-22-12-7-13-23-46)91-75(111)63(42(2)97)94-67(103)52(25-15-17-29-79)85-70(106)56(33-47-36-82-50-27-26-48(115-4)34-49(47)50)89-69(105)54(31-45-20-10-6-11-21-45)87-68(104)53(30-44-18-8-5-9-19-44)88-71(107)57(35-61(81)99)90-66(102)51(86-74(59)110)24-14-16-28-78/h5-13,18-23,26-27,34,36,41-43,51-60,63-64,82,96-98H,14-17,24-25,28-33,35,37-40,78-80H2,1-4H3,(H2,81,99)(H,83,101)(H,84,100)(H,85,106)(H,86,110)(H,87,104)(H,88,107)(H,89,105)(H,90,102)(H,91,111)(H,92,112)(H,93,109)(H,94,103)(H,95,108)(H,113,114)/t41-,42+,43+,51-,52-,53-,54-,55-,56+,57-,58-,59-,60-,63?,64?/m0/s1. The lowest BCUT2D eigenvalue weighted by Crippen LogP contribution is -2.63. The van der Waals surface area contributed by atoms with Crippen LogP contribution in [0.4, 0.5) is 0 Å². The van der Waals surface area contributed by atoms with Gasteiger partial charge in [-0.3, -0.25) is 67.1 Å². The molecule has 4 aromatic carbocycles. The number of methoxy groups -OCH3 is 1. The normalized spacial score (nSPS) is 23.5. The van der Waals surface area contributed by atoms with Crippen LogP contribution in [0.3, 0.4) is 0 Å². The number of aliphatic hydroxyl groups excluding tert-OH is 3. The first-order valence-electron chi connectivity index (χ1n) is 37.9. The number of ether oxygens (including phenoxy) is 1. The molecule has 38 nitrogen and oxygen atoms in total. The molecule has 2 heterocycles. The molecule has 26 N–H and O–H groups in total. The SMILES string of the molecule is COc1ccc2[nH]cc(C[C@H]3NC(=O)[C@H](Cc4ccccc4)NC(=O)[C@H](Cc4ccccc4)NC(=O)[C@H](CC(N)=O)NC(=O)[C@H](CCCCN)NC(=O)[C@@H](NC(=O)CNC(=O)[C@H](C)N)CSSC[C@@H](C(=O)O)NC(=O)[C@H](CO)NC(=O)C([C@@H](C)O)NC(=O)[C@H](Cc4ccccc4)NC(=O)C([C@@H](C)O)NC(=O)[C@H](CCCCN)NC3=O)c2c1. The molecular weight excluding hydrogens is 1560 g/mol. The Bertz CT molecular complexity index is 4210. The highest BCUT2D eigenvalue weighted by atomic mass is 33.1. The number of hydrogen-bond donors (Lipinski definition) is 22. The van der Waals surface area contributed by atoms with Crippen LogP contribution in [0, 0.1) is 0 Å². The van der Waals surface area contributed by atoms with Crippen molar-refractivity contribution in [2.24, 2.45) is 22.9 Å². The molecular formula is C77H106N18O20S2. The first kappa shape index (κ1) is 94.6. The van der Waals surface area contributed by atoms with Gasteiger partial charge in [-0.15, -0.1) is 0 Å². The van der Waals surface area contributed by atoms with Gasteiger partial charge in [0.1, 0.15) is 78.3 Å². The number of benzene rings is 4. The lowest BCUT2D eigenvalue weighted by atomic mass is 10.00. The quantitative estimate of drug-likeness (QED) is 0.0173. The first-order valence-corrected chi connectivity index (χ1v) is 40.4. The van der Waals surface area contributed by atoms with Gasteiger partial charge in [-0.05, 0) is 113 Å². The molecule has 2 unspecified atom stereocenters. The van der Waals surface area contributed by atoms with Gasteiger partial charge in [-0.1, -0.05) is 113 Å². The molecule has 0 saturated carbocycles. The Morgan fingerprint density at radius 3 is 1.35 bits per heavy atom. The molecule has 1 fully saturated rings. The van der Waals surface area contributed by atoms with E-state index in [1.165, 1.54) is 14.0 Å². The number of hydrogen-bond acceptors (Lipinski definition) is 24. The van der Waals surface area contributed by atoms with Crippen molar-refractivity contribution in [2.45, 2.75) is 182 Å². The number of unbranched alkanes of at least 4 members (excludes halogenated alkanes) is 2. The van der Waals surface area contributed by atoms with Crippen LogP contribution in [0.1, 0.15) is 88.0 Å². The number of aromatic nitrogens is 1. The molecule has 117 heavy (non-hydrogen) atoms. The van der Waals surface area contributed by atoms with E-state index in [-0.39, 0.29) is 70.9 Å². The van der Waals surface area contributed by atoms with E-state index in [1.807, 2.05) is 0 Å². The fourth-order valence-corrected chi connectivity index (χ4v) is 14.4. The van der Waals surface area contributed by atoms with Gasteiger partial charge in [0.25, 0.3) is 0 Å². The Labute approximate surface area is 682 Å². The largest absolute Gasteiger partial charge is 0.497 e. The van der Waals surface area contributed by atoms with Crippen molar-refractivity contribution in [2.75, 3.05) is 44.9 Å². The van der Waals surface area contributed by atoms with Crippen LogP contribution >= 0.6 is 21.6 Å². The lowest BCUT2D eigenvalue weighted by molar-refractivity contribution is -0.142. The molecule has 15 atom stereocenters. The average molecular weight is 1670 g/mol. The van der Waals surface area contributed by atoms with Crippen LogP contribution in [0.5, 0.6) is 5.75 Å². The van der Waals surface area contributed by atoms with Gasteiger partial charge in [0.15, 0.2) is 0 Å². The highest BCUT2D eigenvalue weighted by Crippen LogP contribution is 2.26. The van der Waals surface area contributed by atoms with Crippen LogP contribution in [-0.4, -0.2) is 250 Å². The zero-order valence-electron chi connectivity index (χ0n) is 65.1. The second-order valence-electron chi connectivity index (χ2n) is 28.0. The van der Waals surface area contributed by atoms with Gasteiger partial charge in [-0.25, -0.2) is 4.79 Å². The number of amides is 14. The molecule has 636 valence electrons. The summed E-state index contributed by atoms with van der Waals surface area (Å²) in [4.78, 5) is 217. The van der Waals surface area contributed by atoms with E-state index >= 15 is 14.4 Å². The monoisotopic (exact) mass is 1670 g/mol.